The molecular formula is C31H46N2O2. The van der Waals surface area contributed by atoms with Gasteiger partial charge in [0.1, 0.15) is 0 Å². The van der Waals surface area contributed by atoms with Gasteiger partial charge < -0.3 is 20.8 Å². The molecule has 0 amide bonds. The third kappa shape index (κ3) is 11.2. The molecule has 35 heavy (non-hydrogen) atoms. The lowest BCUT2D eigenvalue weighted by molar-refractivity contribution is 0.124. The fourth-order valence-electron chi connectivity index (χ4n) is 3.79. The zero-order chi connectivity index (χ0) is 26.2. The molecule has 0 aliphatic rings. The van der Waals surface area contributed by atoms with Gasteiger partial charge >= 0.3 is 0 Å². The monoisotopic (exact) mass is 478 g/mol. The van der Waals surface area contributed by atoms with Crippen molar-refractivity contribution in [1.29, 1.82) is 0 Å². The normalized spacial score (nSPS) is 14.1. The molecule has 3 aromatic rings. The summed E-state index contributed by atoms with van der Waals surface area (Å²) in [6, 6.07) is 30.3. The summed E-state index contributed by atoms with van der Waals surface area (Å²) in [5.74, 6) is 0. The van der Waals surface area contributed by atoms with Gasteiger partial charge in [0.15, 0.2) is 0 Å². The Balaban J connectivity index is 0.000000341. The van der Waals surface area contributed by atoms with E-state index in [1.807, 2.05) is 112 Å². The summed E-state index contributed by atoms with van der Waals surface area (Å²) in [7, 11) is 0. The van der Waals surface area contributed by atoms with Gasteiger partial charge in [-0.1, -0.05) is 133 Å². The second kappa shape index (κ2) is 17.0. The highest BCUT2D eigenvalue weighted by Gasteiger charge is 2.22. The van der Waals surface area contributed by atoms with Gasteiger partial charge in [0, 0.05) is 18.1 Å². The van der Waals surface area contributed by atoms with Crippen LogP contribution in [0.15, 0.2) is 91.0 Å². The number of aliphatic hydroxyl groups is 2. The fourth-order valence-corrected chi connectivity index (χ4v) is 3.79. The van der Waals surface area contributed by atoms with Crippen LogP contribution in [0.3, 0.4) is 0 Å². The number of benzene rings is 3. The van der Waals surface area contributed by atoms with E-state index in [0.717, 1.165) is 16.7 Å². The molecule has 0 fully saturated rings. The molecular weight excluding hydrogens is 432 g/mol. The average molecular weight is 479 g/mol. The molecule has 4 atom stereocenters. The van der Waals surface area contributed by atoms with Gasteiger partial charge in [0.2, 0.25) is 0 Å². The minimum absolute atomic E-state index is 0.0809. The largest absolute Gasteiger partial charge is 0.387 e. The molecule has 4 nitrogen and oxygen atoms in total. The summed E-state index contributed by atoms with van der Waals surface area (Å²) >= 11 is 0. The summed E-state index contributed by atoms with van der Waals surface area (Å²) in [4.78, 5) is 0. The van der Waals surface area contributed by atoms with Crippen LogP contribution >= 0.6 is 0 Å². The molecule has 0 heterocycles. The Morgan fingerprint density at radius 2 is 0.829 bits per heavy atom. The molecule has 0 saturated carbocycles. The lowest BCUT2D eigenvalue weighted by atomic mass is 9.95. The molecule has 3 rings (SSSR count). The second-order valence-electron chi connectivity index (χ2n) is 9.03. The third-order valence-corrected chi connectivity index (χ3v) is 5.34. The van der Waals surface area contributed by atoms with Crippen LogP contribution in [-0.4, -0.2) is 28.3 Å². The van der Waals surface area contributed by atoms with Crippen LogP contribution in [-0.2, 0) is 0 Å². The Kier molecular flexibility index (Phi) is 14.8. The zero-order valence-electron chi connectivity index (χ0n) is 22.5. The van der Waals surface area contributed by atoms with Crippen molar-refractivity contribution in [2.45, 2.75) is 84.8 Å². The summed E-state index contributed by atoms with van der Waals surface area (Å²) in [5.41, 5.74) is 3.00. The maximum atomic E-state index is 10.6. The van der Waals surface area contributed by atoms with E-state index in [1.54, 1.807) is 0 Å². The molecule has 192 valence electrons. The number of hydrogen-bond donors (Lipinski definition) is 4. The maximum Gasteiger partial charge on any atom is 0.0984 e. The van der Waals surface area contributed by atoms with E-state index in [0.29, 0.717) is 12.1 Å². The van der Waals surface area contributed by atoms with Crippen molar-refractivity contribution in [2.24, 2.45) is 0 Å². The molecule has 0 aliphatic heterocycles. The molecule has 4 heteroatoms. The van der Waals surface area contributed by atoms with Crippen LogP contribution in [0.25, 0.3) is 0 Å². The first-order valence-electron chi connectivity index (χ1n) is 12.8. The average Bonchev–Trinajstić information content (AvgIpc) is 2.89. The van der Waals surface area contributed by atoms with Crippen molar-refractivity contribution in [3.8, 4) is 0 Å². The smallest absolute Gasteiger partial charge is 0.0984 e. The van der Waals surface area contributed by atoms with Crippen molar-refractivity contribution in [2.75, 3.05) is 0 Å². The Hall–Kier alpha value is -2.50. The van der Waals surface area contributed by atoms with Crippen molar-refractivity contribution < 1.29 is 10.2 Å². The van der Waals surface area contributed by atoms with Gasteiger partial charge in [-0.3, -0.25) is 0 Å². The Bertz CT molecular complexity index is 886. The molecule has 0 aliphatic carbocycles. The first kappa shape index (κ1) is 30.5. The quantitative estimate of drug-likeness (QED) is 0.280. The second-order valence-corrected chi connectivity index (χ2v) is 9.03. The number of aliphatic hydroxyl groups excluding tert-OH is 2. The zero-order valence-corrected chi connectivity index (χ0v) is 22.5. The highest BCUT2D eigenvalue weighted by molar-refractivity contribution is 5.26. The van der Waals surface area contributed by atoms with Crippen LogP contribution in [0.4, 0.5) is 0 Å². The molecule has 3 aromatic carbocycles. The van der Waals surface area contributed by atoms with Gasteiger partial charge in [-0.2, -0.15) is 0 Å². The van der Waals surface area contributed by atoms with E-state index in [2.05, 4.69) is 38.3 Å². The molecule has 4 N–H and O–H groups in total. The summed E-state index contributed by atoms with van der Waals surface area (Å²) in [6.07, 6.45) is -0.982. The van der Waals surface area contributed by atoms with Gasteiger partial charge in [0.05, 0.1) is 18.2 Å². The van der Waals surface area contributed by atoms with Gasteiger partial charge in [-0.15, -0.1) is 0 Å². The predicted octanol–water partition coefficient (Wildman–Crippen LogP) is 6.59. The van der Waals surface area contributed by atoms with Crippen molar-refractivity contribution in [3.05, 3.63) is 108 Å². The molecule has 0 spiro atoms. The SMILES string of the molecule is CC.CC(C)NC(C)C(O)c1ccccc1.CC(C)NC(c1ccccc1)C(O)c1ccccc1. The Labute approximate surface area is 213 Å². The first-order valence-corrected chi connectivity index (χ1v) is 12.8. The van der Waals surface area contributed by atoms with E-state index in [1.165, 1.54) is 0 Å². The molecule has 0 radical (unpaired) electrons. The predicted molar refractivity (Wildman–Crippen MR) is 149 cm³/mol. The van der Waals surface area contributed by atoms with Crippen molar-refractivity contribution in [3.63, 3.8) is 0 Å². The van der Waals surface area contributed by atoms with Gasteiger partial charge in [-0.25, -0.2) is 0 Å². The maximum absolute atomic E-state index is 10.6. The van der Waals surface area contributed by atoms with E-state index in [4.69, 9.17) is 0 Å². The van der Waals surface area contributed by atoms with E-state index in [-0.39, 0.29) is 12.1 Å². The van der Waals surface area contributed by atoms with Gasteiger partial charge in [0.25, 0.3) is 0 Å². The number of nitrogens with one attached hydrogen (secondary N) is 2. The Morgan fingerprint density at radius 3 is 1.20 bits per heavy atom. The lowest BCUT2D eigenvalue weighted by Crippen LogP contribution is -2.36. The lowest BCUT2D eigenvalue weighted by Gasteiger charge is -2.27. The van der Waals surface area contributed by atoms with Crippen LogP contribution < -0.4 is 10.6 Å². The van der Waals surface area contributed by atoms with E-state index in [9.17, 15) is 10.2 Å². The third-order valence-electron chi connectivity index (χ3n) is 5.34. The van der Waals surface area contributed by atoms with Crippen molar-refractivity contribution >= 4 is 0 Å². The molecule has 0 saturated heterocycles. The highest BCUT2D eigenvalue weighted by Crippen LogP contribution is 2.29. The summed E-state index contributed by atoms with van der Waals surface area (Å²) < 4.78 is 0. The van der Waals surface area contributed by atoms with Gasteiger partial charge in [-0.05, 0) is 23.6 Å². The number of rotatable bonds is 9. The van der Waals surface area contributed by atoms with Crippen LogP contribution in [0.2, 0.25) is 0 Å². The van der Waals surface area contributed by atoms with Crippen molar-refractivity contribution in [1.82, 2.24) is 10.6 Å². The molecule has 0 aromatic heterocycles. The van der Waals surface area contributed by atoms with Crippen LogP contribution in [0.1, 0.15) is 83.4 Å². The topological polar surface area (TPSA) is 64.5 Å². The Morgan fingerprint density at radius 1 is 0.486 bits per heavy atom. The first-order chi connectivity index (χ1) is 16.8. The minimum Gasteiger partial charge on any atom is -0.387 e. The fraction of sp³-hybridized carbons (Fsp3) is 0.419. The molecule has 4 unspecified atom stereocenters. The van der Waals surface area contributed by atoms with Crippen LogP contribution in [0, 0.1) is 0 Å². The van der Waals surface area contributed by atoms with E-state index < -0.39 is 12.2 Å². The molecule has 0 bridgehead atoms. The summed E-state index contributed by atoms with van der Waals surface area (Å²) in [5, 5.41) is 27.3. The summed E-state index contributed by atoms with van der Waals surface area (Å²) in [6.45, 7) is 14.3. The highest BCUT2D eigenvalue weighted by atomic mass is 16.3. The number of hydrogen-bond acceptors (Lipinski definition) is 4. The van der Waals surface area contributed by atoms with E-state index >= 15 is 0 Å². The van der Waals surface area contributed by atoms with Crippen LogP contribution in [0.5, 0.6) is 0 Å². The standard InChI is InChI=1S/C17H21NO.C12H19NO.C2H6/c1-13(2)18-16(14-9-5-3-6-10-14)17(19)15-11-7-4-8-12-15;1-9(2)13-10(3)12(14)11-7-5-4-6-8-11;1-2/h3-13,16-19H,1-2H3;4-10,12-14H,1-3H3;1-2H3. The minimum atomic E-state index is -0.550.